The molecule has 0 aromatic heterocycles. The Kier molecular flexibility index (Phi) is 7.38. The van der Waals surface area contributed by atoms with Crippen molar-refractivity contribution in [1.29, 1.82) is 0 Å². The normalized spacial score (nSPS) is 19.5. The summed E-state index contributed by atoms with van der Waals surface area (Å²) in [6, 6.07) is 16.3. The summed E-state index contributed by atoms with van der Waals surface area (Å²) in [5.74, 6) is 1.89. The average Bonchev–Trinajstić information content (AvgIpc) is 2.57. The van der Waals surface area contributed by atoms with Crippen molar-refractivity contribution >= 4 is 41.5 Å². The SMILES string of the molecule is COc1ccccc1CN=C(N)NC1CC(c2ccc(Cl)cc2)C1.I. The van der Waals surface area contributed by atoms with Gasteiger partial charge in [-0.05, 0) is 42.5 Å². The number of para-hydroxylation sites is 1. The van der Waals surface area contributed by atoms with Crippen molar-refractivity contribution in [3.63, 3.8) is 0 Å². The van der Waals surface area contributed by atoms with Crippen molar-refractivity contribution in [2.45, 2.75) is 31.3 Å². The van der Waals surface area contributed by atoms with Crippen LogP contribution in [0.25, 0.3) is 0 Å². The Hall–Kier alpha value is -1.47. The van der Waals surface area contributed by atoms with E-state index in [4.69, 9.17) is 22.1 Å². The third-order valence-corrected chi connectivity index (χ3v) is 4.70. The largest absolute Gasteiger partial charge is 0.496 e. The minimum Gasteiger partial charge on any atom is -0.496 e. The fraction of sp³-hybridized carbons (Fsp3) is 0.316. The molecule has 1 aliphatic carbocycles. The minimum atomic E-state index is 0. The second kappa shape index (κ2) is 9.29. The number of nitrogens with one attached hydrogen (secondary N) is 1. The van der Waals surface area contributed by atoms with E-state index in [-0.39, 0.29) is 24.0 Å². The van der Waals surface area contributed by atoms with E-state index in [1.165, 1.54) is 5.56 Å². The van der Waals surface area contributed by atoms with Gasteiger partial charge in [-0.15, -0.1) is 24.0 Å². The first-order chi connectivity index (χ1) is 11.7. The average molecular weight is 472 g/mol. The monoisotopic (exact) mass is 471 g/mol. The van der Waals surface area contributed by atoms with Gasteiger partial charge in [-0.3, -0.25) is 0 Å². The fourth-order valence-corrected chi connectivity index (χ4v) is 3.13. The van der Waals surface area contributed by atoms with E-state index >= 15 is 0 Å². The Labute approximate surface area is 170 Å². The molecule has 0 saturated heterocycles. The van der Waals surface area contributed by atoms with Crippen molar-refractivity contribution in [2.24, 2.45) is 10.7 Å². The smallest absolute Gasteiger partial charge is 0.189 e. The number of halogens is 2. The van der Waals surface area contributed by atoms with E-state index in [9.17, 15) is 0 Å². The Morgan fingerprint density at radius 2 is 1.88 bits per heavy atom. The Bertz CT molecular complexity index is 715. The molecule has 4 nitrogen and oxygen atoms in total. The lowest BCUT2D eigenvalue weighted by molar-refractivity contribution is 0.323. The van der Waals surface area contributed by atoms with Gasteiger partial charge in [0.1, 0.15) is 5.75 Å². The van der Waals surface area contributed by atoms with Crippen molar-refractivity contribution in [3.8, 4) is 5.75 Å². The molecule has 6 heteroatoms. The molecule has 25 heavy (non-hydrogen) atoms. The van der Waals surface area contributed by atoms with Gasteiger partial charge in [0, 0.05) is 16.6 Å². The van der Waals surface area contributed by atoms with E-state index in [0.717, 1.165) is 29.2 Å². The summed E-state index contributed by atoms with van der Waals surface area (Å²) in [6.45, 7) is 0.510. The number of ether oxygens (including phenoxy) is 1. The predicted octanol–water partition coefficient (Wildman–Crippen LogP) is 4.32. The third-order valence-electron chi connectivity index (χ3n) is 4.44. The van der Waals surface area contributed by atoms with Crippen LogP contribution in [0.2, 0.25) is 5.02 Å². The summed E-state index contributed by atoms with van der Waals surface area (Å²) in [5.41, 5.74) is 8.37. The number of nitrogens with two attached hydrogens (primary N) is 1. The van der Waals surface area contributed by atoms with Crippen LogP contribution in [0.15, 0.2) is 53.5 Å². The highest BCUT2D eigenvalue weighted by molar-refractivity contribution is 14.0. The lowest BCUT2D eigenvalue weighted by Gasteiger charge is -2.36. The molecule has 0 bridgehead atoms. The van der Waals surface area contributed by atoms with Gasteiger partial charge >= 0.3 is 0 Å². The van der Waals surface area contributed by atoms with Gasteiger partial charge in [-0.2, -0.15) is 0 Å². The van der Waals surface area contributed by atoms with Gasteiger partial charge in [0.25, 0.3) is 0 Å². The third kappa shape index (κ3) is 5.25. The van der Waals surface area contributed by atoms with E-state index in [1.807, 2.05) is 36.4 Å². The molecule has 1 saturated carbocycles. The number of rotatable bonds is 5. The molecule has 0 unspecified atom stereocenters. The van der Waals surface area contributed by atoms with Crippen molar-refractivity contribution in [3.05, 3.63) is 64.7 Å². The Morgan fingerprint density at radius 1 is 1.20 bits per heavy atom. The molecule has 1 fully saturated rings. The van der Waals surface area contributed by atoms with Crippen molar-refractivity contribution in [2.75, 3.05) is 7.11 Å². The lowest BCUT2D eigenvalue weighted by atomic mass is 9.76. The van der Waals surface area contributed by atoms with Crippen molar-refractivity contribution in [1.82, 2.24) is 5.32 Å². The molecule has 0 aliphatic heterocycles. The standard InChI is InChI=1S/C19H22ClN3O.HI/c1-24-18-5-3-2-4-14(18)12-22-19(21)23-17-10-15(11-17)13-6-8-16(20)9-7-13;/h2-9,15,17H,10-12H2,1H3,(H3,21,22,23);1H. The minimum absolute atomic E-state index is 0. The summed E-state index contributed by atoms with van der Waals surface area (Å²) in [4.78, 5) is 4.42. The molecular formula is C19H23ClIN3O. The first-order valence-electron chi connectivity index (χ1n) is 8.09. The molecule has 3 N–H and O–H groups in total. The molecule has 2 aromatic carbocycles. The second-order valence-corrected chi connectivity index (χ2v) is 6.51. The van der Waals surface area contributed by atoms with E-state index in [2.05, 4.69) is 22.4 Å². The van der Waals surface area contributed by atoms with E-state index in [0.29, 0.717) is 24.5 Å². The van der Waals surface area contributed by atoms with Gasteiger partial charge in [-0.25, -0.2) is 4.99 Å². The van der Waals surface area contributed by atoms with Crippen LogP contribution in [0, 0.1) is 0 Å². The quantitative estimate of drug-likeness (QED) is 0.388. The van der Waals surface area contributed by atoms with Crippen LogP contribution in [0.4, 0.5) is 0 Å². The van der Waals surface area contributed by atoms with Crippen LogP contribution in [-0.2, 0) is 6.54 Å². The van der Waals surface area contributed by atoms with Crippen molar-refractivity contribution < 1.29 is 4.74 Å². The highest BCUT2D eigenvalue weighted by Crippen LogP contribution is 2.37. The summed E-state index contributed by atoms with van der Waals surface area (Å²) in [5, 5.41) is 4.07. The molecule has 3 rings (SSSR count). The molecule has 0 atom stereocenters. The molecule has 1 aliphatic rings. The number of nitrogens with zero attached hydrogens (tertiary/aromatic N) is 1. The molecular weight excluding hydrogens is 449 g/mol. The van der Waals surface area contributed by atoms with Crippen LogP contribution >= 0.6 is 35.6 Å². The van der Waals surface area contributed by atoms with E-state index in [1.54, 1.807) is 7.11 Å². The predicted molar refractivity (Wildman–Crippen MR) is 114 cm³/mol. The number of hydrogen-bond acceptors (Lipinski definition) is 2. The van der Waals surface area contributed by atoms with Crippen LogP contribution in [0.5, 0.6) is 5.75 Å². The maximum Gasteiger partial charge on any atom is 0.189 e. The van der Waals surface area contributed by atoms with Gasteiger partial charge in [0.2, 0.25) is 0 Å². The zero-order valence-corrected chi connectivity index (χ0v) is 17.2. The molecule has 0 heterocycles. The maximum atomic E-state index is 6.01. The first-order valence-corrected chi connectivity index (χ1v) is 8.47. The molecule has 134 valence electrons. The van der Waals surface area contributed by atoms with Crippen LogP contribution in [0.3, 0.4) is 0 Å². The highest BCUT2D eigenvalue weighted by atomic mass is 127. The zero-order chi connectivity index (χ0) is 16.9. The van der Waals surface area contributed by atoms with Crippen LogP contribution in [-0.4, -0.2) is 19.1 Å². The molecule has 0 amide bonds. The molecule has 0 spiro atoms. The highest BCUT2D eigenvalue weighted by Gasteiger charge is 2.30. The topological polar surface area (TPSA) is 59.6 Å². The first kappa shape index (κ1) is 19.8. The summed E-state index contributed by atoms with van der Waals surface area (Å²) < 4.78 is 5.32. The van der Waals surface area contributed by atoms with Gasteiger partial charge in [0.15, 0.2) is 5.96 Å². The summed E-state index contributed by atoms with van der Waals surface area (Å²) in [7, 11) is 1.66. The Morgan fingerprint density at radius 3 is 2.56 bits per heavy atom. The number of hydrogen-bond donors (Lipinski definition) is 2. The van der Waals surface area contributed by atoms with Crippen LogP contribution < -0.4 is 15.8 Å². The Balaban J connectivity index is 0.00000225. The van der Waals surface area contributed by atoms with Gasteiger partial charge < -0.3 is 15.8 Å². The number of guanidine groups is 1. The molecule has 2 aromatic rings. The fourth-order valence-electron chi connectivity index (χ4n) is 3.00. The number of benzene rings is 2. The lowest BCUT2D eigenvalue weighted by Crippen LogP contribution is -2.46. The van der Waals surface area contributed by atoms with Crippen LogP contribution in [0.1, 0.15) is 29.9 Å². The summed E-state index contributed by atoms with van der Waals surface area (Å²) in [6.07, 6.45) is 2.12. The number of aliphatic imine (C=N–C) groups is 1. The zero-order valence-electron chi connectivity index (χ0n) is 14.1. The number of methoxy groups -OCH3 is 1. The van der Waals surface area contributed by atoms with E-state index < -0.39 is 0 Å². The van der Waals surface area contributed by atoms with Gasteiger partial charge in [0.05, 0.1) is 13.7 Å². The molecule has 0 radical (unpaired) electrons. The second-order valence-electron chi connectivity index (χ2n) is 6.07. The maximum absolute atomic E-state index is 6.01. The van der Waals surface area contributed by atoms with Gasteiger partial charge in [-0.1, -0.05) is 41.9 Å². The summed E-state index contributed by atoms with van der Waals surface area (Å²) >= 11 is 5.93.